The van der Waals surface area contributed by atoms with Crippen molar-refractivity contribution in [1.82, 2.24) is 4.90 Å². The molecular weight excluding hydrogens is 282 g/mol. The number of hydrogen-bond acceptors (Lipinski definition) is 4. The molecule has 0 bridgehead atoms. The minimum absolute atomic E-state index is 0.126. The zero-order valence-corrected chi connectivity index (χ0v) is 13.5. The van der Waals surface area contributed by atoms with Gasteiger partial charge in [-0.3, -0.25) is 0 Å². The highest BCUT2D eigenvalue weighted by atomic mass is 16.6. The molecule has 1 aromatic carbocycles. The number of carbonyl (C=O) groups excluding carboxylic acids is 1. The minimum Gasteiger partial charge on any atom is -0.464 e. The molecule has 2 aromatic rings. The predicted molar refractivity (Wildman–Crippen MR) is 84.8 cm³/mol. The molecule has 5 nitrogen and oxygen atoms in total. The lowest BCUT2D eigenvalue weighted by atomic mass is 10.0. The molecule has 0 aliphatic carbocycles. The monoisotopic (exact) mass is 305 g/mol. The van der Waals surface area contributed by atoms with E-state index >= 15 is 0 Å². The topological polar surface area (TPSA) is 62.9 Å². The van der Waals surface area contributed by atoms with Gasteiger partial charge < -0.3 is 19.2 Å². The number of rotatable bonds is 4. The standard InChI is InChI=1S/C17H23NO4/c1-17(2,3)22-16(20)18(4)14(11-19)10-12-5-6-15-13(9-12)7-8-21-15/h5-9,14,19H,10-11H2,1-4H3. The summed E-state index contributed by atoms with van der Waals surface area (Å²) >= 11 is 0. The summed E-state index contributed by atoms with van der Waals surface area (Å²) < 4.78 is 10.6. The van der Waals surface area contributed by atoms with Crippen molar-refractivity contribution >= 4 is 17.1 Å². The van der Waals surface area contributed by atoms with E-state index in [2.05, 4.69) is 0 Å². The number of amides is 1. The lowest BCUT2D eigenvalue weighted by Gasteiger charge is -2.29. The van der Waals surface area contributed by atoms with Gasteiger partial charge in [0.05, 0.1) is 18.9 Å². The second-order valence-electron chi connectivity index (χ2n) is 6.42. The van der Waals surface area contributed by atoms with Crippen molar-refractivity contribution in [3.63, 3.8) is 0 Å². The molecule has 0 aliphatic rings. The number of carbonyl (C=O) groups is 1. The van der Waals surface area contributed by atoms with Crippen molar-refractivity contribution in [1.29, 1.82) is 0 Å². The Morgan fingerprint density at radius 3 is 2.73 bits per heavy atom. The molecule has 1 unspecified atom stereocenters. The van der Waals surface area contributed by atoms with Crippen LogP contribution in [0.1, 0.15) is 26.3 Å². The average molecular weight is 305 g/mol. The molecule has 0 saturated carbocycles. The third-order valence-corrected chi connectivity index (χ3v) is 3.43. The Morgan fingerprint density at radius 1 is 1.36 bits per heavy atom. The lowest BCUT2D eigenvalue weighted by Crippen LogP contribution is -2.43. The Morgan fingerprint density at radius 2 is 2.09 bits per heavy atom. The Bertz CT molecular complexity index is 641. The van der Waals surface area contributed by atoms with E-state index in [0.717, 1.165) is 16.5 Å². The van der Waals surface area contributed by atoms with Gasteiger partial charge in [-0.25, -0.2) is 4.79 Å². The van der Waals surface area contributed by atoms with E-state index in [4.69, 9.17) is 9.15 Å². The number of aliphatic hydroxyl groups excluding tert-OH is 1. The SMILES string of the molecule is CN(C(=O)OC(C)(C)C)C(CO)Cc1ccc2occc2c1. The third kappa shape index (κ3) is 4.01. The van der Waals surface area contributed by atoms with Gasteiger partial charge in [-0.1, -0.05) is 6.07 Å². The largest absolute Gasteiger partial charge is 0.464 e. The first-order valence-electron chi connectivity index (χ1n) is 7.33. The van der Waals surface area contributed by atoms with Crippen LogP contribution in [0.5, 0.6) is 0 Å². The molecule has 1 heterocycles. The number of ether oxygens (including phenoxy) is 1. The van der Waals surface area contributed by atoms with Crippen molar-refractivity contribution in [2.75, 3.05) is 13.7 Å². The molecule has 22 heavy (non-hydrogen) atoms. The molecule has 0 spiro atoms. The van der Waals surface area contributed by atoms with Gasteiger partial charge in [0.2, 0.25) is 0 Å². The van der Waals surface area contributed by atoms with Crippen LogP contribution in [0.2, 0.25) is 0 Å². The van der Waals surface area contributed by atoms with Gasteiger partial charge in [0.25, 0.3) is 0 Å². The van der Waals surface area contributed by atoms with Crippen LogP contribution in [0.3, 0.4) is 0 Å². The van der Waals surface area contributed by atoms with E-state index < -0.39 is 11.7 Å². The van der Waals surface area contributed by atoms with Crippen LogP contribution in [0, 0.1) is 0 Å². The molecule has 1 N–H and O–H groups in total. The van der Waals surface area contributed by atoms with Crippen molar-refractivity contribution < 1.29 is 19.1 Å². The van der Waals surface area contributed by atoms with E-state index in [1.165, 1.54) is 4.90 Å². The van der Waals surface area contributed by atoms with Gasteiger partial charge in [0, 0.05) is 12.4 Å². The summed E-state index contributed by atoms with van der Waals surface area (Å²) in [6.45, 7) is 5.33. The molecular formula is C17H23NO4. The number of hydrogen-bond donors (Lipinski definition) is 1. The highest BCUT2D eigenvalue weighted by Gasteiger charge is 2.25. The first-order chi connectivity index (χ1) is 10.3. The number of fused-ring (bicyclic) bond motifs is 1. The Hall–Kier alpha value is -2.01. The van der Waals surface area contributed by atoms with Crippen LogP contribution in [0.4, 0.5) is 4.79 Å². The maximum atomic E-state index is 12.1. The fourth-order valence-electron chi connectivity index (χ4n) is 2.22. The van der Waals surface area contributed by atoms with Gasteiger partial charge >= 0.3 is 6.09 Å². The Balaban J connectivity index is 2.08. The predicted octanol–water partition coefficient (Wildman–Crippen LogP) is 3.20. The van der Waals surface area contributed by atoms with Crippen molar-refractivity contribution in [3.05, 3.63) is 36.1 Å². The number of aliphatic hydroxyl groups is 1. The Labute approximate surface area is 130 Å². The van der Waals surface area contributed by atoms with Crippen LogP contribution < -0.4 is 0 Å². The first-order valence-corrected chi connectivity index (χ1v) is 7.33. The van der Waals surface area contributed by atoms with Gasteiger partial charge in [-0.2, -0.15) is 0 Å². The van der Waals surface area contributed by atoms with Crippen molar-refractivity contribution in [3.8, 4) is 0 Å². The molecule has 0 aliphatic heterocycles. The van der Waals surface area contributed by atoms with Crippen LogP contribution >= 0.6 is 0 Å². The summed E-state index contributed by atoms with van der Waals surface area (Å²) in [6, 6.07) is 7.40. The normalized spacial score (nSPS) is 13.1. The smallest absolute Gasteiger partial charge is 0.410 e. The maximum Gasteiger partial charge on any atom is 0.410 e. The zero-order chi connectivity index (χ0) is 16.3. The average Bonchev–Trinajstić information content (AvgIpc) is 2.89. The number of nitrogens with zero attached hydrogens (tertiary/aromatic N) is 1. The maximum absolute atomic E-state index is 12.1. The van der Waals surface area contributed by atoms with E-state index in [9.17, 15) is 9.90 Å². The number of benzene rings is 1. The Kier molecular flexibility index (Phi) is 4.76. The van der Waals surface area contributed by atoms with Gasteiger partial charge in [0.15, 0.2) is 0 Å². The van der Waals surface area contributed by atoms with Gasteiger partial charge in [0.1, 0.15) is 11.2 Å². The first kappa shape index (κ1) is 16.4. The number of furan rings is 1. The molecule has 1 amide bonds. The summed E-state index contributed by atoms with van der Waals surface area (Å²) in [5.41, 5.74) is 1.30. The second kappa shape index (κ2) is 6.40. The quantitative estimate of drug-likeness (QED) is 0.942. The van der Waals surface area contributed by atoms with Crippen LogP contribution in [-0.4, -0.2) is 41.4 Å². The molecule has 1 aromatic heterocycles. The van der Waals surface area contributed by atoms with Crippen molar-refractivity contribution in [2.45, 2.75) is 38.8 Å². The fraction of sp³-hybridized carbons (Fsp3) is 0.471. The van der Waals surface area contributed by atoms with Crippen LogP contribution in [0.25, 0.3) is 11.0 Å². The van der Waals surface area contributed by atoms with E-state index in [-0.39, 0.29) is 12.6 Å². The molecule has 0 radical (unpaired) electrons. The van der Waals surface area contributed by atoms with E-state index in [1.807, 2.05) is 45.0 Å². The molecule has 2 rings (SSSR count). The van der Waals surface area contributed by atoms with Gasteiger partial charge in [-0.05, 0) is 51.0 Å². The summed E-state index contributed by atoms with van der Waals surface area (Å²) in [7, 11) is 1.64. The van der Waals surface area contributed by atoms with Crippen LogP contribution in [0.15, 0.2) is 34.9 Å². The zero-order valence-electron chi connectivity index (χ0n) is 13.5. The molecule has 5 heteroatoms. The molecule has 1 atom stereocenters. The van der Waals surface area contributed by atoms with Gasteiger partial charge in [-0.15, -0.1) is 0 Å². The second-order valence-corrected chi connectivity index (χ2v) is 6.42. The van der Waals surface area contributed by atoms with E-state index in [1.54, 1.807) is 13.3 Å². The number of likely N-dealkylation sites (N-methyl/N-ethyl adjacent to an activating group) is 1. The highest BCUT2D eigenvalue weighted by molar-refractivity contribution is 5.77. The van der Waals surface area contributed by atoms with Crippen LogP contribution in [-0.2, 0) is 11.2 Å². The molecule has 120 valence electrons. The molecule has 0 fully saturated rings. The highest BCUT2D eigenvalue weighted by Crippen LogP contribution is 2.19. The van der Waals surface area contributed by atoms with E-state index in [0.29, 0.717) is 6.42 Å². The lowest BCUT2D eigenvalue weighted by molar-refractivity contribution is 0.0163. The summed E-state index contributed by atoms with van der Waals surface area (Å²) in [4.78, 5) is 13.5. The summed E-state index contributed by atoms with van der Waals surface area (Å²) in [5.74, 6) is 0. The van der Waals surface area contributed by atoms with Crippen molar-refractivity contribution in [2.24, 2.45) is 0 Å². The summed E-state index contributed by atoms with van der Waals surface area (Å²) in [6.07, 6.45) is 1.76. The minimum atomic E-state index is -0.555. The summed E-state index contributed by atoms with van der Waals surface area (Å²) in [5, 5.41) is 10.6. The fourth-order valence-corrected chi connectivity index (χ4v) is 2.22. The third-order valence-electron chi connectivity index (χ3n) is 3.43. The molecule has 0 saturated heterocycles.